The second kappa shape index (κ2) is 5.23. The molecule has 0 fully saturated rings. The summed E-state index contributed by atoms with van der Waals surface area (Å²) < 4.78 is 5.38. The van der Waals surface area contributed by atoms with Crippen LogP contribution in [-0.2, 0) is 6.61 Å². The lowest BCUT2D eigenvalue weighted by molar-refractivity contribution is 0.111. The molecule has 0 saturated heterocycles. The molecule has 2 aromatic rings. The average Bonchev–Trinajstić information content (AvgIpc) is 2.41. The molecule has 0 aliphatic carbocycles. The van der Waals surface area contributed by atoms with Gasteiger partial charge in [0.25, 0.3) is 0 Å². The average molecular weight is 244 g/mol. The number of ether oxygens (including phenoxy) is 1. The third kappa shape index (κ3) is 2.43. The van der Waals surface area contributed by atoms with E-state index in [-0.39, 0.29) is 23.7 Å². The van der Waals surface area contributed by atoms with Crippen LogP contribution in [-0.4, -0.2) is 16.5 Å². The number of phenolic OH excluding ortho intramolecular Hbond substituents is 2. The van der Waals surface area contributed by atoms with Gasteiger partial charge in [0, 0.05) is 0 Å². The summed E-state index contributed by atoms with van der Waals surface area (Å²) in [5.41, 5.74) is 1.10. The highest BCUT2D eigenvalue weighted by molar-refractivity contribution is 5.82. The fourth-order valence-corrected chi connectivity index (χ4v) is 1.55. The van der Waals surface area contributed by atoms with Gasteiger partial charge in [-0.25, -0.2) is 0 Å². The first-order valence-corrected chi connectivity index (χ1v) is 5.39. The molecule has 0 aliphatic rings. The Morgan fingerprint density at radius 1 is 1.06 bits per heavy atom. The Labute approximate surface area is 104 Å². The van der Waals surface area contributed by atoms with Gasteiger partial charge in [-0.2, -0.15) is 0 Å². The lowest BCUT2D eigenvalue weighted by Crippen LogP contribution is -1.98. The van der Waals surface area contributed by atoms with Gasteiger partial charge >= 0.3 is 0 Å². The molecule has 0 atom stereocenters. The van der Waals surface area contributed by atoms with Gasteiger partial charge in [-0.05, 0) is 17.7 Å². The maximum absolute atomic E-state index is 10.8. The van der Waals surface area contributed by atoms with Crippen molar-refractivity contribution in [2.45, 2.75) is 6.61 Å². The summed E-state index contributed by atoms with van der Waals surface area (Å²) in [7, 11) is 0. The zero-order valence-electron chi connectivity index (χ0n) is 9.54. The molecule has 0 radical (unpaired) electrons. The Bertz CT molecular complexity index is 549. The Kier molecular flexibility index (Phi) is 3.48. The minimum Gasteiger partial charge on any atom is -0.504 e. The lowest BCUT2D eigenvalue weighted by atomic mass is 10.2. The second-order valence-corrected chi connectivity index (χ2v) is 3.74. The van der Waals surface area contributed by atoms with E-state index in [9.17, 15) is 15.0 Å². The molecule has 18 heavy (non-hydrogen) atoms. The maximum Gasteiger partial charge on any atom is 0.201 e. The van der Waals surface area contributed by atoms with Crippen LogP contribution in [0.15, 0.2) is 42.5 Å². The number of benzene rings is 2. The highest BCUT2D eigenvalue weighted by atomic mass is 16.5. The van der Waals surface area contributed by atoms with Crippen LogP contribution in [0.4, 0.5) is 0 Å². The van der Waals surface area contributed by atoms with Gasteiger partial charge in [0.05, 0.1) is 5.56 Å². The van der Waals surface area contributed by atoms with Gasteiger partial charge < -0.3 is 14.9 Å². The number of aromatic hydroxyl groups is 2. The largest absolute Gasteiger partial charge is 0.504 e. The minimum absolute atomic E-state index is 0.00569. The third-order valence-electron chi connectivity index (χ3n) is 2.49. The molecule has 0 saturated carbocycles. The van der Waals surface area contributed by atoms with Gasteiger partial charge in [-0.1, -0.05) is 30.3 Å². The van der Waals surface area contributed by atoms with E-state index >= 15 is 0 Å². The van der Waals surface area contributed by atoms with Gasteiger partial charge in [0.15, 0.2) is 17.8 Å². The second-order valence-electron chi connectivity index (χ2n) is 3.74. The molecule has 0 amide bonds. The quantitative estimate of drug-likeness (QED) is 0.640. The van der Waals surface area contributed by atoms with E-state index in [1.807, 2.05) is 30.3 Å². The predicted molar refractivity (Wildman–Crippen MR) is 65.9 cm³/mol. The van der Waals surface area contributed by atoms with E-state index < -0.39 is 5.75 Å². The van der Waals surface area contributed by atoms with Crippen molar-refractivity contribution in [2.24, 2.45) is 0 Å². The van der Waals surface area contributed by atoms with Crippen molar-refractivity contribution < 1.29 is 19.7 Å². The molecule has 0 aliphatic heterocycles. The molecule has 92 valence electrons. The fourth-order valence-electron chi connectivity index (χ4n) is 1.55. The molecule has 0 bridgehead atoms. The number of carbonyl (C=O) groups is 1. The van der Waals surface area contributed by atoms with Crippen LogP contribution in [0.3, 0.4) is 0 Å². The molecular weight excluding hydrogens is 232 g/mol. The number of hydrogen-bond acceptors (Lipinski definition) is 4. The molecule has 0 unspecified atom stereocenters. The van der Waals surface area contributed by atoms with E-state index in [2.05, 4.69) is 0 Å². The van der Waals surface area contributed by atoms with Crippen LogP contribution in [0.2, 0.25) is 0 Å². The Hall–Kier alpha value is -2.49. The van der Waals surface area contributed by atoms with Crippen LogP contribution in [0, 0.1) is 0 Å². The summed E-state index contributed by atoms with van der Waals surface area (Å²) in [5, 5.41) is 19.0. The molecule has 0 aromatic heterocycles. The van der Waals surface area contributed by atoms with Crippen molar-refractivity contribution in [1.29, 1.82) is 0 Å². The van der Waals surface area contributed by atoms with E-state index in [4.69, 9.17) is 4.74 Å². The molecule has 4 heteroatoms. The molecule has 0 spiro atoms. The van der Waals surface area contributed by atoms with Crippen LogP contribution >= 0.6 is 0 Å². The van der Waals surface area contributed by atoms with Gasteiger partial charge in [0.1, 0.15) is 6.61 Å². The van der Waals surface area contributed by atoms with Gasteiger partial charge in [-0.3, -0.25) is 4.79 Å². The van der Waals surface area contributed by atoms with E-state index in [1.54, 1.807) is 0 Å². The van der Waals surface area contributed by atoms with Crippen molar-refractivity contribution in [1.82, 2.24) is 0 Å². The number of hydrogen-bond donors (Lipinski definition) is 2. The molecule has 2 aromatic carbocycles. The Balaban J connectivity index is 2.23. The number of phenols is 2. The summed E-state index contributed by atoms with van der Waals surface area (Å²) in [5.74, 6) is -0.743. The molecule has 4 nitrogen and oxygen atoms in total. The monoisotopic (exact) mass is 244 g/mol. The topological polar surface area (TPSA) is 66.8 Å². The van der Waals surface area contributed by atoms with Crippen LogP contribution < -0.4 is 4.74 Å². The molecule has 0 heterocycles. The lowest BCUT2D eigenvalue weighted by Gasteiger charge is -2.11. The number of rotatable bonds is 4. The SMILES string of the molecule is O=Cc1ccc(O)c(O)c1OCc1ccccc1. The maximum atomic E-state index is 10.8. The van der Waals surface area contributed by atoms with Gasteiger partial charge in [-0.15, -0.1) is 0 Å². The van der Waals surface area contributed by atoms with Crippen LogP contribution in [0.1, 0.15) is 15.9 Å². The Morgan fingerprint density at radius 2 is 1.78 bits per heavy atom. The number of aldehydes is 1. The predicted octanol–water partition coefficient (Wildman–Crippen LogP) is 2.49. The summed E-state index contributed by atoms with van der Waals surface area (Å²) in [4.78, 5) is 10.8. The zero-order valence-corrected chi connectivity index (χ0v) is 9.54. The van der Waals surface area contributed by atoms with Crippen LogP contribution in [0.5, 0.6) is 17.2 Å². The Morgan fingerprint density at radius 3 is 2.44 bits per heavy atom. The van der Waals surface area contributed by atoms with Crippen LogP contribution in [0.25, 0.3) is 0 Å². The van der Waals surface area contributed by atoms with Crippen molar-refractivity contribution in [2.75, 3.05) is 0 Å². The van der Waals surface area contributed by atoms with E-state index in [1.165, 1.54) is 12.1 Å². The first-order valence-electron chi connectivity index (χ1n) is 5.39. The highest BCUT2D eigenvalue weighted by Crippen LogP contribution is 2.37. The smallest absolute Gasteiger partial charge is 0.201 e. The highest BCUT2D eigenvalue weighted by Gasteiger charge is 2.13. The fraction of sp³-hybridized carbons (Fsp3) is 0.0714. The van der Waals surface area contributed by atoms with Gasteiger partial charge in [0.2, 0.25) is 5.75 Å². The molecular formula is C14H12O4. The van der Waals surface area contributed by atoms with Crippen molar-refractivity contribution in [3.05, 3.63) is 53.6 Å². The summed E-state index contributed by atoms with van der Waals surface area (Å²) in [6, 6.07) is 12.0. The summed E-state index contributed by atoms with van der Waals surface area (Å²) >= 11 is 0. The van der Waals surface area contributed by atoms with Crippen molar-refractivity contribution >= 4 is 6.29 Å². The van der Waals surface area contributed by atoms with Crippen molar-refractivity contribution in [3.8, 4) is 17.2 Å². The first-order chi connectivity index (χ1) is 8.72. The zero-order chi connectivity index (χ0) is 13.0. The van der Waals surface area contributed by atoms with E-state index in [0.29, 0.717) is 6.29 Å². The minimum atomic E-state index is -0.421. The summed E-state index contributed by atoms with van der Waals surface area (Å²) in [6.45, 7) is 0.207. The molecule has 2 rings (SSSR count). The normalized spacial score (nSPS) is 10.0. The first kappa shape index (κ1) is 12.0. The van der Waals surface area contributed by atoms with E-state index in [0.717, 1.165) is 5.56 Å². The number of carbonyl (C=O) groups excluding carboxylic acids is 1. The third-order valence-corrected chi connectivity index (χ3v) is 2.49. The standard InChI is InChI=1S/C14H12O4/c15-8-11-6-7-12(16)13(17)14(11)18-9-10-4-2-1-3-5-10/h1-8,16-17H,9H2. The molecule has 2 N–H and O–H groups in total. The summed E-state index contributed by atoms with van der Waals surface area (Å²) in [6.07, 6.45) is 0.569. The van der Waals surface area contributed by atoms with Crippen molar-refractivity contribution in [3.63, 3.8) is 0 Å².